The molecule has 0 bridgehead atoms. The monoisotopic (exact) mass is 319 g/mol. The number of thioether (sulfide) groups is 1. The van der Waals surface area contributed by atoms with E-state index in [4.69, 9.17) is 4.42 Å². The molecule has 5 nitrogen and oxygen atoms in total. The molecule has 0 spiro atoms. The van der Waals surface area contributed by atoms with E-state index in [0.29, 0.717) is 24.2 Å². The van der Waals surface area contributed by atoms with Crippen molar-refractivity contribution in [2.45, 2.75) is 38.2 Å². The number of rotatable bonds is 6. The summed E-state index contributed by atoms with van der Waals surface area (Å²) in [6.45, 7) is 9.22. The largest absolute Gasteiger partial charge is 0.411 e. The van der Waals surface area contributed by atoms with Crippen LogP contribution in [0.5, 0.6) is 0 Å². The normalized spacial score (nSPS) is 12.2. The predicted octanol–water partition coefficient (Wildman–Crippen LogP) is 3.39. The number of carbonyl (C=O) groups excluding carboxylic acids is 1. The highest BCUT2D eigenvalue weighted by atomic mass is 32.2. The van der Waals surface area contributed by atoms with Crippen LogP contribution < -0.4 is 0 Å². The van der Waals surface area contributed by atoms with E-state index in [1.807, 2.05) is 52.0 Å². The van der Waals surface area contributed by atoms with Gasteiger partial charge < -0.3 is 9.32 Å². The second-order valence-corrected chi connectivity index (χ2v) is 6.25. The maximum Gasteiger partial charge on any atom is 0.277 e. The van der Waals surface area contributed by atoms with Gasteiger partial charge in [0.25, 0.3) is 5.22 Å². The number of aryl methyl sites for hydroxylation is 1. The smallest absolute Gasteiger partial charge is 0.277 e. The summed E-state index contributed by atoms with van der Waals surface area (Å²) in [4.78, 5) is 14.1. The van der Waals surface area contributed by atoms with E-state index in [9.17, 15) is 4.79 Å². The zero-order chi connectivity index (χ0) is 16.1. The molecule has 1 heterocycles. The maximum absolute atomic E-state index is 12.3. The van der Waals surface area contributed by atoms with Gasteiger partial charge in [-0.25, -0.2) is 0 Å². The third-order valence-corrected chi connectivity index (χ3v) is 4.40. The van der Waals surface area contributed by atoms with Crippen LogP contribution in [-0.2, 0) is 4.79 Å². The molecule has 0 fully saturated rings. The van der Waals surface area contributed by atoms with Crippen molar-refractivity contribution in [3.8, 4) is 11.5 Å². The second kappa shape index (κ2) is 7.45. The van der Waals surface area contributed by atoms with Crippen LogP contribution in [0, 0.1) is 6.92 Å². The van der Waals surface area contributed by atoms with Gasteiger partial charge in [0.15, 0.2) is 0 Å². The summed E-state index contributed by atoms with van der Waals surface area (Å²) >= 11 is 1.30. The van der Waals surface area contributed by atoms with Crippen LogP contribution in [0.1, 0.15) is 26.3 Å². The van der Waals surface area contributed by atoms with Crippen LogP contribution >= 0.6 is 11.8 Å². The first-order valence-corrected chi connectivity index (χ1v) is 8.29. The van der Waals surface area contributed by atoms with Gasteiger partial charge in [-0.1, -0.05) is 30.0 Å². The lowest BCUT2D eigenvalue weighted by atomic mass is 10.1. The van der Waals surface area contributed by atoms with Crippen molar-refractivity contribution in [2.75, 3.05) is 13.1 Å². The van der Waals surface area contributed by atoms with Gasteiger partial charge in [-0.15, -0.1) is 10.2 Å². The first-order chi connectivity index (χ1) is 10.6. The van der Waals surface area contributed by atoms with E-state index in [0.717, 1.165) is 11.1 Å². The van der Waals surface area contributed by atoms with Gasteiger partial charge >= 0.3 is 0 Å². The number of nitrogens with zero attached hydrogens (tertiary/aromatic N) is 3. The quantitative estimate of drug-likeness (QED) is 0.764. The van der Waals surface area contributed by atoms with E-state index in [-0.39, 0.29) is 11.2 Å². The standard InChI is InChI=1S/C16H21N3O2S/c1-5-19(6-2)15(20)12(4)22-16-18-17-14(21-16)13-10-8-7-9-11(13)3/h7-10,12H,5-6H2,1-4H3. The van der Waals surface area contributed by atoms with Crippen molar-refractivity contribution in [1.82, 2.24) is 15.1 Å². The maximum atomic E-state index is 12.3. The Morgan fingerprint density at radius 3 is 2.59 bits per heavy atom. The van der Waals surface area contributed by atoms with Gasteiger partial charge in [-0.3, -0.25) is 4.79 Å². The van der Waals surface area contributed by atoms with E-state index in [1.54, 1.807) is 4.90 Å². The molecule has 0 aliphatic carbocycles. The molecule has 0 aliphatic rings. The Morgan fingerprint density at radius 1 is 1.27 bits per heavy atom. The van der Waals surface area contributed by atoms with E-state index >= 15 is 0 Å². The lowest BCUT2D eigenvalue weighted by Crippen LogP contribution is -2.36. The third-order valence-electron chi connectivity index (χ3n) is 3.48. The van der Waals surface area contributed by atoms with Crippen LogP contribution in [0.3, 0.4) is 0 Å². The molecule has 2 aromatic rings. The van der Waals surface area contributed by atoms with Gasteiger partial charge in [0.1, 0.15) is 0 Å². The highest BCUT2D eigenvalue weighted by molar-refractivity contribution is 8.00. The minimum Gasteiger partial charge on any atom is -0.411 e. The van der Waals surface area contributed by atoms with Crippen molar-refractivity contribution in [2.24, 2.45) is 0 Å². The fourth-order valence-corrected chi connectivity index (χ4v) is 2.94. The summed E-state index contributed by atoms with van der Waals surface area (Å²) in [7, 11) is 0. The molecule has 118 valence electrons. The van der Waals surface area contributed by atoms with Crippen molar-refractivity contribution in [1.29, 1.82) is 0 Å². The third kappa shape index (κ3) is 3.68. The molecule has 1 amide bonds. The van der Waals surface area contributed by atoms with E-state index in [1.165, 1.54) is 11.8 Å². The summed E-state index contributed by atoms with van der Waals surface area (Å²) in [6, 6.07) is 7.85. The number of hydrogen-bond acceptors (Lipinski definition) is 5. The molecule has 0 aliphatic heterocycles. The lowest BCUT2D eigenvalue weighted by Gasteiger charge is -2.21. The number of amides is 1. The van der Waals surface area contributed by atoms with Crippen LogP contribution in [0.2, 0.25) is 0 Å². The first-order valence-electron chi connectivity index (χ1n) is 7.41. The molecule has 0 N–H and O–H groups in total. The molecule has 0 saturated carbocycles. The molecule has 2 rings (SSSR count). The molecular formula is C16H21N3O2S. The molecule has 6 heteroatoms. The van der Waals surface area contributed by atoms with Gasteiger partial charge in [0, 0.05) is 18.7 Å². The highest BCUT2D eigenvalue weighted by Crippen LogP contribution is 2.28. The average molecular weight is 319 g/mol. The van der Waals surface area contributed by atoms with Crippen molar-refractivity contribution in [3.05, 3.63) is 29.8 Å². The van der Waals surface area contributed by atoms with Gasteiger partial charge in [-0.05, 0) is 39.3 Å². The fraction of sp³-hybridized carbons (Fsp3) is 0.438. The number of hydrogen-bond donors (Lipinski definition) is 0. The molecule has 1 atom stereocenters. The van der Waals surface area contributed by atoms with E-state index < -0.39 is 0 Å². The first kappa shape index (κ1) is 16.5. The minimum atomic E-state index is -0.245. The second-order valence-electron chi connectivity index (χ2n) is 4.96. The zero-order valence-corrected chi connectivity index (χ0v) is 14.2. The van der Waals surface area contributed by atoms with Crippen molar-refractivity contribution >= 4 is 17.7 Å². The summed E-state index contributed by atoms with van der Waals surface area (Å²) < 4.78 is 5.69. The Hall–Kier alpha value is -1.82. The molecule has 1 unspecified atom stereocenters. The predicted molar refractivity (Wildman–Crippen MR) is 87.7 cm³/mol. The van der Waals surface area contributed by atoms with Crippen LogP contribution in [-0.4, -0.2) is 39.3 Å². The summed E-state index contributed by atoms with van der Waals surface area (Å²) in [5, 5.41) is 8.30. The average Bonchev–Trinajstić information content (AvgIpc) is 2.97. The Balaban J connectivity index is 2.09. The highest BCUT2D eigenvalue weighted by Gasteiger charge is 2.22. The molecule has 1 aromatic heterocycles. The minimum absolute atomic E-state index is 0.0886. The summed E-state index contributed by atoms with van der Waals surface area (Å²) in [5.74, 6) is 0.578. The summed E-state index contributed by atoms with van der Waals surface area (Å²) in [5.41, 5.74) is 2.00. The van der Waals surface area contributed by atoms with Crippen LogP contribution in [0.4, 0.5) is 0 Å². The molecule has 0 saturated heterocycles. The summed E-state index contributed by atoms with van der Waals surface area (Å²) in [6.07, 6.45) is 0. The van der Waals surface area contributed by atoms with Gasteiger partial charge in [-0.2, -0.15) is 0 Å². The zero-order valence-electron chi connectivity index (χ0n) is 13.4. The number of carbonyl (C=O) groups is 1. The lowest BCUT2D eigenvalue weighted by molar-refractivity contribution is -0.129. The number of benzene rings is 1. The molecular weight excluding hydrogens is 298 g/mol. The SMILES string of the molecule is CCN(CC)C(=O)C(C)Sc1nnc(-c2ccccc2C)o1. The number of aromatic nitrogens is 2. The molecule has 22 heavy (non-hydrogen) atoms. The Bertz CT molecular complexity index is 638. The fourth-order valence-electron chi connectivity index (χ4n) is 2.17. The van der Waals surface area contributed by atoms with Gasteiger partial charge in [0.05, 0.1) is 5.25 Å². The van der Waals surface area contributed by atoms with Crippen LogP contribution in [0.15, 0.2) is 33.9 Å². The Labute approximate surface area is 135 Å². The van der Waals surface area contributed by atoms with Gasteiger partial charge in [0.2, 0.25) is 11.8 Å². The Kier molecular flexibility index (Phi) is 5.60. The van der Waals surface area contributed by atoms with Crippen molar-refractivity contribution < 1.29 is 9.21 Å². The van der Waals surface area contributed by atoms with Crippen molar-refractivity contribution in [3.63, 3.8) is 0 Å². The van der Waals surface area contributed by atoms with Crippen LogP contribution in [0.25, 0.3) is 11.5 Å². The molecule has 1 aromatic carbocycles. The van der Waals surface area contributed by atoms with E-state index in [2.05, 4.69) is 10.2 Å². The Morgan fingerprint density at radius 2 is 1.95 bits per heavy atom. The topological polar surface area (TPSA) is 59.2 Å². The molecule has 0 radical (unpaired) electrons.